The minimum Gasteiger partial charge on any atom is -0.758 e. The van der Waals surface area contributed by atoms with Crippen molar-refractivity contribution in [3.63, 3.8) is 0 Å². The first-order chi connectivity index (χ1) is 16.1. The summed E-state index contributed by atoms with van der Waals surface area (Å²) < 4.78 is 25.7. The number of amides is 2. The maximum absolute atomic E-state index is 12.9. The number of hydroxylamine groups is 1. The molecule has 2 N–H and O–H groups in total. The number of carbonyl (C=O) groups is 1. The van der Waals surface area contributed by atoms with Gasteiger partial charge in [-0.05, 0) is 66.4 Å². The van der Waals surface area contributed by atoms with Crippen molar-refractivity contribution >= 4 is 50.4 Å². The number of nitrogens with zero attached hydrogens (tertiary/aromatic N) is 1. The lowest BCUT2D eigenvalue weighted by molar-refractivity contribution is 0.249. The van der Waals surface area contributed by atoms with Crippen LogP contribution in [-0.4, -0.2) is 21.0 Å². The molecule has 0 saturated heterocycles. The van der Waals surface area contributed by atoms with Gasteiger partial charge in [0.1, 0.15) is 0 Å². The molecular formula is C24H22Cl2N3O4S-. The zero-order chi connectivity index (χ0) is 24.5. The third-order valence-corrected chi connectivity index (χ3v) is 8.16. The van der Waals surface area contributed by atoms with Crippen LogP contribution in [0, 0.1) is 5.21 Å². The average molecular weight is 519 g/mol. The molecule has 0 saturated carbocycles. The molecule has 0 radical (unpaired) electrons. The number of urea groups is 1. The van der Waals surface area contributed by atoms with Gasteiger partial charge in [0.2, 0.25) is 0 Å². The summed E-state index contributed by atoms with van der Waals surface area (Å²) in [5.74, 6) is -0.223. The van der Waals surface area contributed by atoms with E-state index in [2.05, 4.69) is 10.6 Å². The van der Waals surface area contributed by atoms with E-state index in [0.29, 0.717) is 45.5 Å². The van der Waals surface area contributed by atoms with Crippen molar-refractivity contribution in [3.05, 3.63) is 92.6 Å². The summed E-state index contributed by atoms with van der Waals surface area (Å²) in [5, 5.41) is 19.0. The van der Waals surface area contributed by atoms with Gasteiger partial charge in [0.05, 0.1) is 26.7 Å². The second-order valence-electron chi connectivity index (χ2n) is 8.06. The largest absolute Gasteiger partial charge is 0.758 e. The Labute approximate surface area is 208 Å². The first-order valence-electron chi connectivity index (χ1n) is 10.5. The van der Waals surface area contributed by atoms with Crippen molar-refractivity contribution < 1.29 is 13.2 Å². The number of fused-ring (bicyclic) bond motifs is 1. The molecule has 0 bridgehead atoms. The van der Waals surface area contributed by atoms with Gasteiger partial charge in [-0.3, -0.25) is 0 Å². The van der Waals surface area contributed by atoms with Gasteiger partial charge in [0.15, 0.2) is 9.84 Å². The summed E-state index contributed by atoms with van der Waals surface area (Å²) in [6, 6.07) is 15.4. The van der Waals surface area contributed by atoms with E-state index in [1.54, 1.807) is 43.3 Å². The Kier molecular flexibility index (Phi) is 7.04. The molecule has 3 aromatic rings. The minimum absolute atomic E-state index is 0.122. The first-order valence-corrected chi connectivity index (χ1v) is 13.0. The second kappa shape index (κ2) is 9.84. The standard InChI is InChI=1S/C24H22Cl2N3O4S/c1-15(20-3-2-4-21(25)23(20)26)27-24(30)28-18-7-9-19(10-8-18)34(32,33)14-16-5-6-17-11-12-29(31)22(17)13-16/h2-10,13,15H,11-12,14H2,1H3,(H2,27,28,30)/q-1/t15-/m0/s1. The molecule has 7 nitrogen and oxygen atoms in total. The topological polar surface area (TPSA) is 102 Å². The highest BCUT2D eigenvalue weighted by atomic mass is 35.5. The van der Waals surface area contributed by atoms with E-state index in [1.807, 2.05) is 0 Å². The highest BCUT2D eigenvalue weighted by Gasteiger charge is 2.19. The number of nitrogens with one attached hydrogen (secondary N) is 2. The van der Waals surface area contributed by atoms with Crippen molar-refractivity contribution in [1.29, 1.82) is 0 Å². The molecular weight excluding hydrogens is 497 g/mol. The highest BCUT2D eigenvalue weighted by Crippen LogP contribution is 2.31. The zero-order valence-corrected chi connectivity index (χ0v) is 20.5. The smallest absolute Gasteiger partial charge is 0.319 e. The predicted molar refractivity (Wildman–Crippen MR) is 135 cm³/mol. The van der Waals surface area contributed by atoms with E-state index in [-0.39, 0.29) is 10.6 Å². The maximum Gasteiger partial charge on any atom is 0.319 e. The normalized spacial score (nSPS) is 13.9. The van der Waals surface area contributed by atoms with Gasteiger partial charge in [-0.2, -0.15) is 0 Å². The number of hydrogen-bond acceptors (Lipinski definition) is 5. The Hall–Kier alpha value is -2.78. The number of sulfone groups is 1. The van der Waals surface area contributed by atoms with Crippen LogP contribution in [0.25, 0.3) is 0 Å². The van der Waals surface area contributed by atoms with Crippen LogP contribution in [0.1, 0.15) is 29.7 Å². The molecule has 0 fully saturated rings. The van der Waals surface area contributed by atoms with Crippen LogP contribution in [0.4, 0.5) is 16.2 Å². The Bertz CT molecular complexity index is 1330. The average Bonchev–Trinajstić information content (AvgIpc) is 3.15. The fourth-order valence-corrected chi connectivity index (χ4v) is 5.64. The van der Waals surface area contributed by atoms with Crippen LogP contribution < -0.4 is 15.7 Å². The summed E-state index contributed by atoms with van der Waals surface area (Å²) in [4.78, 5) is 12.5. The number of halogens is 2. The van der Waals surface area contributed by atoms with E-state index < -0.39 is 21.9 Å². The molecule has 0 aromatic heterocycles. The molecule has 34 heavy (non-hydrogen) atoms. The number of carbonyl (C=O) groups excluding carboxylic acids is 1. The Balaban J connectivity index is 1.40. The van der Waals surface area contributed by atoms with E-state index in [1.165, 1.54) is 24.3 Å². The fraction of sp³-hybridized carbons (Fsp3) is 0.208. The first kappa shape index (κ1) is 24.3. The Morgan fingerprint density at radius 3 is 2.59 bits per heavy atom. The summed E-state index contributed by atoms with van der Waals surface area (Å²) >= 11 is 12.2. The summed E-state index contributed by atoms with van der Waals surface area (Å²) in [6.45, 7) is 2.16. The second-order valence-corrected chi connectivity index (χ2v) is 10.8. The molecule has 1 atom stereocenters. The highest BCUT2D eigenvalue weighted by molar-refractivity contribution is 7.90. The zero-order valence-electron chi connectivity index (χ0n) is 18.2. The van der Waals surface area contributed by atoms with Gasteiger partial charge in [0, 0.05) is 17.9 Å². The van der Waals surface area contributed by atoms with E-state index >= 15 is 0 Å². The molecule has 178 valence electrons. The maximum atomic E-state index is 12.9. The molecule has 3 aromatic carbocycles. The van der Waals surface area contributed by atoms with Crippen molar-refractivity contribution in [2.24, 2.45) is 0 Å². The lowest BCUT2D eigenvalue weighted by atomic mass is 10.1. The molecule has 0 aliphatic carbocycles. The predicted octanol–water partition coefficient (Wildman–Crippen LogP) is 5.71. The van der Waals surface area contributed by atoms with E-state index in [0.717, 1.165) is 10.6 Å². The van der Waals surface area contributed by atoms with Crippen LogP contribution >= 0.6 is 23.2 Å². The number of anilines is 2. The minimum atomic E-state index is -3.63. The molecule has 4 rings (SSSR count). The molecule has 10 heteroatoms. The molecule has 2 amide bonds. The van der Waals surface area contributed by atoms with Crippen LogP contribution in [0.15, 0.2) is 65.6 Å². The molecule has 0 spiro atoms. The van der Waals surface area contributed by atoms with E-state index in [4.69, 9.17) is 23.2 Å². The lowest BCUT2D eigenvalue weighted by Gasteiger charge is -2.25. The van der Waals surface area contributed by atoms with Crippen LogP contribution in [-0.2, 0) is 22.0 Å². The van der Waals surface area contributed by atoms with Crippen LogP contribution in [0.2, 0.25) is 10.0 Å². The monoisotopic (exact) mass is 518 g/mol. The summed E-state index contributed by atoms with van der Waals surface area (Å²) in [7, 11) is -3.63. The SMILES string of the molecule is C[C@H](NC(=O)Nc1ccc(S(=O)(=O)Cc2ccc3c(c2)N([O-])CC3)cc1)c1cccc(Cl)c1Cl. The van der Waals surface area contributed by atoms with Crippen LogP contribution in [0.3, 0.4) is 0 Å². The third-order valence-electron chi connectivity index (χ3n) is 5.63. The quantitative estimate of drug-likeness (QED) is 0.435. The van der Waals surface area contributed by atoms with Crippen molar-refractivity contribution in [2.75, 3.05) is 16.9 Å². The number of benzene rings is 3. The Morgan fingerprint density at radius 2 is 1.85 bits per heavy atom. The van der Waals surface area contributed by atoms with Gasteiger partial charge < -0.3 is 20.9 Å². The van der Waals surface area contributed by atoms with Gasteiger partial charge in [-0.25, -0.2) is 13.2 Å². The number of rotatable bonds is 6. The summed E-state index contributed by atoms with van der Waals surface area (Å²) in [6.07, 6.45) is 0.665. The van der Waals surface area contributed by atoms with Gasteiger partial charge in [-0.1, -0.05) is 47.5 Å². The van der Waals surface area contributed by atoms with E-state index in [9.17, 15) is 18.4 Å². The van der Waals surface area contributed by atoms with Crippen molar-refractivity contribution in [3.8, 4) is 0 Å². The van der Waals surface area contributed by atoms with Crippen molar-refractivity contribution in [1.82, 2.24) is 5.32 Å². The van der Waals surface area contributed by atoms with Gasteiger partial charge >= 0.3 is 6.03 Å². The lowest BCUT2D eigenvalue weighted by Crippen LogP contribution is -2.31. The van der Waals surface area contributed by atoms with Crippen LogP contribution in [0.5, 0.6) is 0 Å². The van der Waals surface area contributed by atoms with Gasteiger partial charge in [0.25, 0.3) is 0 Å². The summed E-state index contributed by atoms with van der Waals surface area (Å²) in [5.41, 5.74) is 3.12. The Morgan fingerprint density at radius 1 is 1.12 bits per heavy atom. The molecule has 1 heterocycles. The third kappa shape index (κ3) is 5.31. The molecule has 0 unspecified atom stereocenters. The van der Waals surface area contributed by atoms with Gasteiger partial charge in [-0.15, -0.1) is 0 Å². The fourth-order valence-electron chi connectivity index (χ4n) is 3.83. The molecule has 1 aliphatic rings. The number of hydrogen-bond donors (Lipinski definition) is 2. The molecule has 1 aliphatic heterocycles. The van der Waals surface area contributed by atoms with Crippen molar-refractivity contribution in [2.45, 2.75) is 30.0 Å².